The first-order valence-corrected chi connectivity index (χ1v) is 14.0. The number of fused-ring (bicyclic) bond motifs is 5. The lowest BCUT2D eigenvalue weighted by molar-refractivity contribution is -0.115. The van der Waals surface area contributed by atoms with Gasteiger partial charge in [0.25, 0.3) is 0 Å². The van der Waals surface area contributed by atoms with Gasteiger partial charge in [-0.15, -0.1) is 0 Å². The van der Waals surface area contributed by atoms with Gasteiger partial charge in [-0.3, -0.25) is 4.79 Å². The maximum Gasteiger partial charge on any atom is 0.167 e. The first-order chi connectivity index (χ1) is 21.0. The molecule has 0 amide bonds. The van der Waals surface area contributed by atoms with Crippen molar-refractivity contribution in [3.8, 4) is 23.0 Å². The summed E-state index contributed by atoms with van der Waals surface area (Å²) in [5.41, 5.74) is 3.57. The molecular weight excluding hydrogens is 544 g/mol. The lowest BCUT2D eigenvalue weighted by Crippen LogP contribution is -2.50. The monoisotopic (exact) mass is 574 g/mol. The molecule has 0 fully saturated rings. The van der Waals surface area contributed by atoms with Gasteiger partial charge < -0.3 is 28.4 Å². The summed E-state index contributed by atoms with van der Waals surface area (Å²) in [5, 5.41) is 1.61. The zero-order chi connectivity index (χ0) is 29.7. The van der Waals surface area contributed by atoms with E-state index in [-0.39, 0.29) is 12.2 Å². The fourth-order valence-corrected chi connectivity index (χ4v) is 6.51. The van der Waals surface area contributed by atoms with Crippen molar-refractivity contribution in [3.05, 3.63) is 130 Å². The Balaban J connectivity index is 1.64. The molecule has 7 heteroatoms. The zero-order valence-electron chi connectivity index (χ0n) is 24.3. The highest BCUT2D eigenvalue weighted by Crippen LogP contribution is 2.53. The molecule has 7 rings (SSSR count). The Hall–Kier alpha value is -5.01. The van der Waals surface area contributed by atoms with Crippen molar-refractivity contribution < 1.29 is 33.2 Å². The third-order valence-electron chi connectivity index (χ3n) is 8.48. The fraction of sp³-hybridized carbons (Fsp3) is 0.194. The van der Waals surface area contributed by atoms with E-state index in [1.807, 2.05) is 85.0 Å². The molecule has 3 aromatic carbocycles. The van der Waals surface area contributed by atoms with Crippen LogP contribution in [0.4, 0.5) is 0 Å². The van der Waals surface area contributed by atoms with Gasteiger partial charge in [0.15, 0.2) is 17.3 Å². The molecule has 0 saturated heterocycles. The number of methoxy groups -OCH3 is 4. The molecule has 4 aliphatic rings. The number of ketones is 1. The van der Waals surface area contributed by atoms with Crippen molar-refractivity contribution in [2.75, 3.05) is 28.4 Å². The van der Waals surface area contributed by atoms with E-state index in [1.54, 1.807) is 34.7 Å². The number of rotatable bonds is 6. The van der Waals surface area contributed by atoms with E-state index in [2.05, 4.69) is 0 Å². The molecule has 1 unspecified atom stereocenters. The van der Waals surface area contributed by atoms with Crippen LogP contribution in [0.5, 0.6) is 23.0 Å². The van der Waals surface area contributed by atoms with Crippen LogP contribution in [-0.4, -0.2) is 40.3 Å². The normalized spacial score (nSPS) is 19.4. The van der Waals surface area contributed by atoms with Gasteiger partial charge in [-0.25, -0.2) is 0 Å². The average Bonchev–Trinajstić information content (AvgIpc) is 3.07. The Morgan fingerprint density at radius 2 is 1.40 bits per heavy atom. The summed E-state index contributed by atoms with van der Waals surface area (Å²) in [6.07, 6.45) is 9.07. The third-order valence-corrected chi connectivity index (χ3v) is 8.48. The van der Waals surface area contributed by atoms with E-state index in [4.69, 9.17) is 28.4 Å². The molecule has 1 atom stereocenters. The number of Topliss-reactive ketones (excluding diaryl/α,β-unsaturated/α-hetero) is 1. The van der Waals surface area contributed by atoms with Crippen LogP contribution in [0, 0.1) is 0 Å². The first kappa shape index (κ1) is 26.9. The summed E-state index contributed by atoms with van der Waals surface area (Å²) >= 11 is 0. The molecule has 2 aliphatic carbocycles. The minimum Gasteiger partial charge on any atom is -0.497 e. The molecule has 0 radical (unpaired) electrons. The van der Waals surface area contributed by atoms with Crippen molar-refractivity contribution in [1.29, 1.82) is 0 Å². The molecule has 43 heavy (non-hydrogen) atoms. The molecule has 0 aromatic heterocycles. The van der Waals surface area contributed by atoms with Crippen LogP contribution in [0.1, 0.15) is 17.5 Å². The SMILES string of the molecule is COc1ccc(C2(c3ccc(OC)cc3)OC3C4=CC=COC4=c4cc(OC)c(OC)cc4=C3C3=C2C=CCC3=O)cc1. The Labute approximate surface area is 249 Å². The van der Waals surface area contributed by atoms with Crippen LogP contribution >= 0.6 is 0 Å². The summed E-state index contributed by atoms with van der Waals surface area (Å²) in [5.74, 6) is 3.22. The van der Waals surface area contributed by atoms with E-state index in [9.17, 15) is 4.79 Å². The quantitative estimate of drug-likeness (QED) is 0.425. The summed E-state index contributed by atoms with van der Waals surface area (Å²) < 4.78 is 35.9. The van der Waals surface area contributed by atoms with E-state index in [0.717, 1.165) is 49.8 Å². The molecule has 0 saturated carbocycles. The summed E-state index contributed by atoms with van der Waals surface area (Å²) in [7, 11) is 6.48. The first-order valence-electron chi connectivity index (χ1n) is 14.0. The standard InChI is InChI=1S/C36H30O7/c1-38-23-14-10-21(11-15-23)36(22-12-16-24(39-2)17-13-22)28-8-5-9-29(37)33(28)32-26-19-30(40-3)31(41-4)20-27(26)34-25(35(32)43-36)7-6-18-42-34/h5-8,10-20,35H,9H2,1-4H3. The van der Waals surface area contributed by atoms with Gasteiger partial charge in [-0.1, -0.05) is 36.4 Å². The maximum absolute atomic E-state index is 14.1. The minimum absolute atomic E-state index is 0.0178. The molecule has 0 bridgehead atoms. The predicted octanol–water partition coefficient (Wildman–Crippen LogP) is 4.63. The Morgan fingerprint density at radius 1 is 0.791 bits per heavy atom. The van der Waals surface area contributed by atoms with Gasteiger partial charge >= 0.3 is 0 Å². The minimum atomic E-state index is -1.14. The van der Waals surface area contributed by atoms with Crippen LogP contribution in [-0.2, 0) is 19.9 Å². The van der Waals surface area contributed by atoms with Crippen LogP contribution in [0.3, 0.4) is 0 Å². The second kappa shape index (κ2) is 10.4. The van der Waals surface area contributed by atoms with Crippen molar-refractivity contribution >= 4 is 17.1 Å². The molecule has 2 heterocycles. The van der Waals surface area contributed by atoms with Crippen LogP contribution in [0.25, 0.3) is 11.3 Å². The second-order valence-corrected chi connectivity index (χ2v) is 10.5. The molecule has 216 valence electrons. The summed E-state index contributed by atoms with van der Waals surface area (Å²) in [6.45, 7) is 0. The number of benzene rings is 3. The highest BCUT2D eigenvalue weighted by Gasteiger charge is 2.51. The van der Waals surface area contributed by atoms with Crippen molar-refractivity contribution in [1.82, 2.24) is 0 Å². The smallest absolute Gasteiger partial charge is 0.167 e. The van der Waals surface area contributed by atoms with Crippen LogP contribution in [0.2, 0.25) is 0 Å². The van der Waals surface area contributed by atoms with Gasteiger partial charge in [0.05, 0.1) is 34.7 Å². The number of carbonyl (C=O) groups excluding carboxylic acids is 1. The topological polar surface area (TPSA) is 72.5 Å². The van der Waals surface area contributed by atoms with E-state index < -0.39 is 11.7 Å². The predicted molar refractivity (Wildman–Crippen MR) is 161 cm³/mol. The number of hydrogen-bond donors (Lipinski definition) is 0. The average molecular weight is 575 g/mol. The van der Waals surface area contributed by atoms with Crippen LogP contribution in [0.15, 0.2) is 108 Å². The van der Waals surface area contributed by atoms with E-state index >= 15 is 0 Å². The van der Waals surface area contributed by atoms with Gasteiger partial charge in [0, 0.05) is 33.9 Å². The number of allylic oxidation sites excluding steroid dienone is 3. The maximum atomic E-state index is 14.1. The van der Waals surface area contributed by atoms with Crippen molar-refractivity contribution in [2.24, 2.45) is 0 Å². The molecule has 3 aromatic rings. The van der Waals surface area contributed by atoms with Gasteiger partial charge in [0.2, 0.25) is 0 Å². The third kappa shape index (κ3) is 3.96. The van der Waals surface area contributed by atoms with Crippen molar-refractivity contribution in [3.63, 3.8) is 0 Å². The van der Waals surface area contributed by atoms with Crippen molar-refractivity contribution in [2.45, 2.75) is 18.1 Å². The van der Waals surface area contributed by atoms with Gasteiger partial charge in [-0.2, -0.15) is 0 Å². The summed E-state index contributed by atoms with van der Waals surface area (Å²) in [6, 6.07) is 19.4. The molecule has 0 spiro atoms. The van der Waals surface area contributed by atoms with E-state index in [1.165, 1.54) is 0 Å². The number of carbonyl (C=O) groups is 1. The van der Waals surface area contributed by atoms with Gasteiger partial charge in [0.1, 0.15) is 29.0 Å². The lowest BCUT2D eigenvalue weighted by Gasteiger charge is -2.47. The van der Waals surface area contributed by atoms with E-state index in [0.29, 0.717) is 22.8 Å². The second-order valence-electron chi connectivity index (χ2n) is 10.5. The highest BCUT2D eigenvalue weighted by atomic mass is 16.5. The molecule has 0 N–H and O–H groups in total. The molecular formula is C36H30O7. The lowest BCUT2D eigenvalue weighted by atomic mass is 9.69. The molecule has 7 nitrogen and oxygen atoms in total. The number of ether oxygens (including phenoxy) is 6. The Kier molecular flexibility index (Phi) is 6.47. The van der Waals surface area contributed by atoms with Crippen LogP contribution < -0.4 is 29.4 Å². The largest absolute Gasteiger partial charge is 0.497 e. The Bertz CT molecular complexity index is 1840. The van der Waals surface area contributed by atoms with Gasteiger partial charge in [-0.05, 0) is 64.9 Å². The zero-order valence-corrected chi connectivity index (χ0v) is 24.3. The Morgan fingerprint density at radius 3 is 1.98 bits per heavy atom. The summed E-state index contributed by atoms with van der Waals surface area (Å²) in [4.78, 5) is 14.1. The highest BCUT2D eigenvalue weighted by molar-refractivity contribution is 6.12. The fourth-order valence-electron chi connectivity index (χ4n) is 6.51. The number of hydrogen-bond acceptors (Lipinski definition) is 7. The molecule has 2 aliphatic heterocycles.